The molecule has 0 unspecified atom stereocenters. The van der Waals surface area contributed by atoms with Gasteiger partial charge in [-0.2, -0.15) is 5.10 Å². The van der Waals surface area contributed by atoms with Gasteiger partial charge < -0.3 is 4.74 Å². The number of fused-ring (bicyclic) bond motifs is 1. The molecule has 0 bridgehead atoms. The summed E-state index contributed by atoms with van der Waals surface area (Å²) in [5, 5.41) is 6.48. The minimum absolute atomic E-state index is 0.398. The number of aromatic nitrogens is 3. The Bertz CT molecular complexity index is 564. The van der Waals surface area contributed by atoms with E-state index in [1.807, 2.05) is 10.9 Å². The van der Waals surface area contributed by atoms with Crippen molar-refractivity contribution in [2.24, 2.45) is 0 Å². The van der Waals surface area contributed by atoms with E-state index in [0.717, 1.165) is 52.6 Å². The largest absolute Gasteiger partial charge is 0.381 e. The van der Waals surface area contributed by atoms with E-state index in [9.17, 15) is 0 Å². The van der Waals surface area contributed by atoms with Crippen molar-refractivity contribution in [3.05, 3.63) is 22.4 Å². The minimum atomic E-state index is 0.398. The van der Waals surface area contributed by atoms with Gasteiger partial charge >= 0.3 is 0 Å². The third-order valence-corrected chi connectivity index (χ3v) is 4.48. The van der Waals surface area contributed by atoms with E-state index in [2.05, 4.69) is 48.0 Å². The van der Waals surface area contributed by atoms with Crippen LogP contribution >= 0.6 is 31.9 Å². The van der Waals surface area contributed by atoms with Crippen molar-refractivity contribution in [1.82, 2.24) is 14.8 Å². The highest BCUT2D eigenvalue weighted by atomic mass is 79.9. The highest BCUT2D eigenvalue weighted by molar-refractivity contribution is 9.10. The molecule has 6 heteroatoms. The Balaban J connectivity index is 2.07. The Kier molecular flexibility index (Phi) is 3.68. The zero-order chi connectivity index (χ0) is 12.5. The van der Waals surface area contributed by atoms with Gasteiger partial charge in [0.25, 0.3) is 0 Å². The van der Waals surface area contributed by atoms with Crippen molar-refractivity contribution in [2.45, 2.75) is 24.2 Å². The Morgan fingerprint density at radius 2 is 2.17 bits per heavy atom. The summed E-state index contributed by atoms with van der Waals surface area (Å²) in [6, 6.07) is 2.53. The van der Waals surface area contributed by atoms with E-state index in [1.165, 1.54) is 0 Å². The molecule has 1 fully saturated rings. The molecule has 0 atom stereocenters. The van der Waals surface area contributed by atoms with Crippen LogP contribution in [0.2, 0.25) is 0 Å². The first kappa shape index (κ1) is 12.6. The highest BCUT2D eigenvalue weighted by Gasteiger charge is 2.20. The van der Waals surface area contributed by atoms with Crippen molar-refractivity contribution >= 4 is 42.9 Å². The molecule has 3 heterocycles. The molecule has 4 nitrogen and oxygen atoms in total. The number of ether oxygens (including phenoxy) is 1. The number of alkyl halides is 1. The highest BCUT2D eigenvalue weighted by Crippen LogP contribution is 2.29. The van der Waals surface area contributed by atoms with Gasteiger partial charge in [0.05, 0.1) is 11.4 Å². The lowest BCUT2D eigenvalue weighted by atomic mass is 10.1. The van der Waals surface area contributed by atoms with Crippen LogP contribution in [0.4, 0.5) is 0 Å². The number of hydrogen-bond acceptors (Lipinski definition) is 3. The van der Waals surface area contributed by atoms with Crippen LogP contribution in [0.1, 0.15) is 24.4 Å². The molecule has 18 heavy (non-hydrogen) atoms. The predicted molar refractivity (Wildman–Crippen MR) is 76.9 cm³/mol. The first-order chi connectivity index (χ1) is 8.79. The fourth-order valence-corrected chi connectivity index (χ4v) is 3.06. The second-order valence-electron chi connectivity index (χ2n) is 4.43. The summed E-state index contributed by atoms with van der Waals surface area (Å²) in [7, 11) is 0. The Morgan fingerprint density at radius 1 is 1.39 bits per heavy atom. The average molecular weight is 375 g/mol. The third-order valence-electron chi connectivity index (χ3n) is 3.25. The van der Waals surface area contributed by atoms with Crippen LogP contribution in [0, 0.1) is 0 Å². The fourth-order valence-electron chi connectivity index (χ4n) is 2.29. The van der Waals surface area contributed by atoms with Crippen LogP contribution in [0.5, 0.6) is 0 Å². The zero-order valence-corrected chi connectivity index (χ0v) is 12.9. The molecule has 0 spiro atoms. The smallest absolute Gasteiger partial charge is 0.159 e. The maximum Gasteiger partial charge on any atom is 0.159 e. The zero-order valence-electron chi connectivity index (χ0n) is 9.77. The quantitative estimate of drug-likeness (QED) is 0.756. The number of halogens is 2. The summed E-state index contributed by atoms with van der Waals surface area (Å²) >= 11 is 6.98. The summed E-state index contributed by atoms with van der Waals surface area (Å²) < 4.78 is 8.31. The van der Waals surface area contributed by atoms with E-state index in [4.69, 9.17) is 4.74 Å². The van der Waals surface area contributed by atoms with Crippen LogP contribution in [0.15, 0.2) is 16.9 Å². The third kappa shape index (κ3) is 2.21. The van der Waals surface area contributed by atoms with E-state index in [-0.39, 0.29) is 0 Å². The van der Waals surface area contributed by atoms with Crippen molar-refractivity contribution in [3.63, 3.8) is 0 Å². The van der Waals surface area contributed by atoms with Gasteiger partial charge in [0.1, 0.15) is 4.60 Å². The van der Waals surface area contributed by atoms with E-state index in [1.54, 1.807) is 0 Å². The Morgan fingerprint density at radius 3 is 2.89 bits per heavy atom. The van der Waals surface area contributed by atoms with E-state index < -0.39 is 0 Å². The average Bonchev–Trinajstić information content (AvgIpc) is 2.77. The summed E-state index contributed by atoms with van der Waals surface area (Å²) in [5.41, 5.74) is 2.12. The second-order valence-corrected chi connectivity index (χ2v) is 5.74. The molecule has 0 aliphatic carbocycles. The number of pyridine rings is 1. The first-order valence-corrected chi connectivity index (χ1v) is 7.87. The second kappa shape index (κ2) is 5.27. The Hall–Kier alpha value is -0.460. The van der Waals surface area contributed by atoms with Crippen LogP contribution < -0.4 is 0 Å². The molecule has 0 aromatic carbocycles. The molecule has 1 saturated heterocycles. The van der Waals surface area contributed by atoms with Gasteiger partial charge in [-0.25, -0.2) is 9.67 Å². The van der Waals surface area contributed by atoms with Crippen LogP contribution in [-0.4, -0.2) is 28.0 Å². The molecular weight excluding hydrogens is 362 g/mol. The summed E-state index contributed by atoms with van der Waals surface area (Å²) in [5.74, 6) is 0. The van der Waals surface area contributed by atoms with Gasteiger partial charge in [-0.3, -0.25) is 0 Å². The molecule has 96 valence electrons. The summed E-state index contributed by atoms with van der Waals surface area (Å²) in [4.78, 5) is 4.55. The monoisotopic (exact) mass is 373 g/mol. The van der Waals surface area contributed by atoms with Crippen LogP contribution in [0.3, 0.4) is 0 Å². The van der Waals surface area contributed by atoms with Crippen molar-refractivity contribution in [2.75, 3.05) is 13.2 Å². The van der Waals surface area contributed by atoms with Gasteiger partial charge in [-0.1, -0.05) is 15.9 Å². The normalized spacial score (nSPS) is 17.4. The molecule has 1 aliphatic rings. The van der Waals surface area contributed by atoms with E-state index in [0.29, 0.717) is 6.04 Å². The molecule has 0 N–H and O–H groups in total. The lowest BCUT2D eigenvalue weighted by Crippen LogP contribution is -2.20. The van der Waals surface area contributed by atoms with Gasteiger partial charge in [0, 0.05) is 24.7 Å². The molecule has 0 amide bonds. The standard InChI is InChI=1S/C12H13Br2N3O/c13-6-8-5-10-11(14)16-17(12(10)15-7-8)9-1-3-18-4-2-9/h5,7,9H,1-4,6H2. The van der Waals surface area contributed by atoms with Crippen LogP contribution in [0.25, 0.3) is 11.0 Å². The maximum absolute atomic E-state index is 5.40. The van der Waals surface area contributed by atoms with Gasteiger partial charge in [-0.15, -0.1) is 0 Å². The Labute approximate surface area is 122 Å². The fraction of sp³-hybridized carbons (Fsp3) is 0.500. The molecule has 3 rings (SSSR count). The summed E-state index contributed by atoms with van der Waals surface area (Å²) in [6.45, 7) is 1.62. The van der Waals surface area contributed by atoms with Crippen LogP contribution in [-0.2, 0) is 10.1 Å². The van der Waals surface area contributed by atoms with Gasteiger partial charge in [0.2, 0.25) is 0 Å². The number of rotatable bonds is 2. The van der Waals surface area contributed by atoms with Crippen molar-refractivity contribution in [1.29, 1.82) is 0 Å². The van der Waals surface area contributed by atoms with Gasteiger partial charge in [-0.05, 0) is 40.4 Å². The topological polar surface area (TPSA) is 39.9 Å². The molecule has 0 saturated carbocycles. The number of hydrogen-bond donors (Lipinski definition) is 0. The molecule has 2 aromatic heterocycles. The SMILES string of the molecule is BrCc1cnc2c(c1)c(Br)nn2C1CCOCC1. The molecular formula is C12H13Br2N3O. The predicted octanol–water partition coefficient (Wildman–Crippen LogP) is 3.44. The molecule has 2 aromatic rings. The molecule has 0 radical (unpaired) electrons. The minimum Gasteiger partial charge on any atom is -0.381 e. The van der Waals surface area contributed by atoms with Crippen molar-refractivity contribution in [3.8, 4) is 0 Å². The summed E-state index contributed by atoms with van der Waals surface area (Å²) in [6.07, 6.45) is 3.91. The van der Waals surface area contributed by atoms with Crippen molar-refractivity contribution < 1.29 is 4.74 Å². The first-order valence-electron chi connectivity index (χ1n) is 5.96. The lowest BCUT2D eigenvalue weighted by Gasteiger charge is -2.22. The van der Waals surface area contributed by atoms with Gasteiger partial charge in [0.15, 0.2) is 5.65 Å². The molecule has 1 aliphatic heterocycles. The maximum atomic E-state index is 5.40. The number of nitrogens with zero attached hydrogens (tertiary/aromatic N) is 3. The lowest BCUT2D eigenvalue weighted by molar-refractivity contribution is 0.0672. The van der Waals surface area contributed by atoms with E-state index >= 15 is 0 Å².